The number of halogens is 1. The van der Waals surface area contributed by atoms with Gasteiger partial charge in [-0.25, -0.2) is 4.79 Å². The van der Waals surface area contributed by atoms with Crippen molar-refractivity contribution in [2.45, 2.75) is 58.5 Å². The molecule has 1 aromatic carbocycles. The highest BCUT2D eigenvalue weighted by Crippen LogP contribution is 2.46. The van der Waals surface area contributed by atoms with Crippen molar-refractivity contribution in [3.05, 3.63) is 56.8 Å². The molecule has 2 heterocycles. The number of benzene rings is 1. The molecule has 160 valence electrons. The first-order valence-electron chi connectivity index (χ1n) is 10.5. The number of nitrogens with one attached hydrogen (secondary N) is 1. The van der Waals surface area contributed by atoms with Crippen LogP contribution in [-0.2, 0) is 19.1 Å². The van der Waals surface area contributed by atoms with Crippen LogP contribution in [0, 0.1) is 5.41 Å². The lowest BCUT2D eigenvalue weighted by Gasteiger charge is -2.39. The molecule has 3 aliphatic rings. The Bertz CT molecular complexity index is 923. The van der Waals surface area contributed by atoms with Crippen LogP contribution in [0.3, 0.4) is 0 Å². The second kappa shape index (κ2) is 8.31. The Morgan fingerprint density at radius 1 is 1.27 bits per heavy atom. The van der Waals surface area contributed by atoms with Gasteiger partial charge in [0.25, 0.3) is 0 Å². The van der Waals surface area contributed by atoms with Crippen molar-refractivity contribution in [3.63, 3.8) is 0 Å². The number of carbonyl (C=O) groups excluding carboxylic acids is 2. The molecule has 2 atom stereocenters. The van der Waals surface area contributed by atoms with Crippen molar-refractivity contribution in [2.75, 3.05) is 13.2 Å². The third kappa shape index (κ3) is 4.26. The second-order valence-electron chi connectivity index (χ2n) is 9.21. The van der Waals surface area contributed by atoms with E-state index in [4.69, 9.17) is 9.47 Å². The summed E-state index contributed by atoms with van der Waals surface area (Å²) in [6, 6.07) is 7.83. The average molecular weight is 474 g/mol. The lowest BCUT2D eigenvalue weighted by atomic mass is 9.68. The fourth-order valence-electron chi connectivity index (χ4n) is 4.72. The topological polar surface area (TPSA) is 64.6 Å². The molecular formula is C24H28BrNO4. The summed E-state index contributed by atoms with van der Waals surface area (Å²) >= 11 is 3.47. The molecule has 0 unspecified atom stereocenters. The molecule has 0 bridgehead atoms. The predicted octanol–water partition coefficient (Wildman–Crippen LogP) is 4.78. The van der Waals surface area contributed by atoms with Crippen LogP contribution >= 0.6 is 15.9 Å². The quantitative estimate of drug-likeness (QED) is 0.637. The van der Waals surface area contributed by atoms with Crippen LogP contribution in [0.15, 0.2) is 51.3 Å². The standard InChI is InChI=1S/C24H28BrNO4/c1-14-20(23(28)30-13-17-5-4-10-29-17)21(15-6-8-16(25)9-7-15)22-18(26-14)11-24(2,3)12-19(22)27/h6-9,17,21,26H,4-5,10-13H2,1-3H3/t17-,21+/m1/s1. The van der Waals surface area contributed by atoms with Gasteiger partial charge in [0.15, 0.2) is 5.78 Å². The van der Waals surface area contributed by atoms with Gasteiger partial charge in [-0.2, -0.15) is 0 Å². The van der Waals surface area contributed by atoms with Gasteiger partial charge in [-0.05, 0) is 49.3 Å². The summed E-state index contributed by atoms with van der Waals surface area (Å²) in [7, 11) is 0. The molecule has 1 N–H and O–H groups in total. The number of hydrogen-bond donors (Lipinski definition) is 1. The molecule has 2 aliphatic heterocycles. The first kappa shape index (κ1) is 21.3. The van der Waals surface area contributed by atoms with Crippen molar-refractivity contribution in [1.82, 2.24) is 5.32 Å². The number of esters is 1. The van der Waals surface area contributed by atoms with E-state index in [1.807, 2.05) is 31.2 Å². The molecule has 4 rings (SSSR count). The molecule has 0 spiro atoms. The summed E-state index contributed by atoms with van der Waals surface area (Å²) in [5.74, 6) is -0.707. The molecule has 30 heavy (non-hydrogen) atoms. The van der Waals surface area contributed by atoms with Crippen molar-refractivity contribution < 1.29 is 19.1 Å². The van der Waals surface area contributed by atoms with Crippen LogP contribution in [0.4, 0.5) is 0 Å². The van der Waals surface area contributed by atoms with Gasteiger partial charge in [-0.3, -0.25) is 4.79 Å². The Hall–Kier alpha value is -1.92. The number of hydrogen-bond acceptors (Lipinski definition) is 5. The first-order valence-corrected chi connectivity index (χ1v) is 11.3. The molecule has 1 fully saturated rings. The number of dihydropyridines is 1. The zero-order valence-corrected chi connectivity index (χ0v) is 19.3. The molecule has 5 nitrogen and oxygen atoms in total. The van der Waals surface area contributed by atoms with E-state index in [9.17, 15) is 9.59 Å². The van der Waals surface area contributed by atoms with Gasteiger partial charge in [-0.1, -0.05) is 41.9 Å². The first-order chi connectivity index (χ1) is 14.2. The minimum Gasteiger partial charge on any atom is -0.459 e. The zero-order chi connectivity index (χ0) is 21.5. The second-order valence-corrected chi connectivity index (χ2v) is 10.1. The molecule has 1 saturated heterocycles. The minimum absolute atomic E-state index is 0.0376. The van der Waals surface area contributed by atoms with E-state index in [1.54, 1.807) is 0 Å². The van der Waals surface area contributed by atoms with Crippen LogP contribution in [0.25, 0.3) is 0 Å². The lowest BCUT2D eigenvalue weighted by Crippen LogP contribution is -2.39. The Kier molecular flexibility index (Phi) is 5.90. The maximum absolute atomic E-state index is 13.2. The van der Waals surface area contributed by atoms with Gasteiger partial charge in [0.2, 0.25) is 0 Å². The normalized spacial score (nSPS) is 25.8. The SMILES string of the molecule is CC1=C(C(=O)OC[C@H]2CCCO2)[C@H](c2ccc(Br)cc2)C2=C(CC(C)(C)CC2=O)N1. The van der Waals surface area contributed by atoms with Gasteiger partial charge in [0.05, 0.1) is 11.7 Å². The number of ether oxygens (including phenoxy) is 2. The Morgan fingerprint density at radius 3 is 2.67 bits per heavy atom. The minimum atomic E-state index is -0.421. The van der Waals surface area contributed by atoms with Gasteiger partial charge in [0.1, 0.15) is 6.61 Å². The Morgan fingerprint density at radius 2 is 2.00 bits per heavy atom. The van der Waals surface area contributed by atoms with Crippen LogP contribution in [0.5, 0.6) is 0 Å². The van der Waals surface area contributed by atoms with Gasteiger partial charge < -0.3 is 14.8 Å². The van der Waals surface area contributed by atoms with Gasteiger partial charge in [0, 0.05) is 40.4 Å². The van der Waals surface area contributed by atoms with Crippen LogP contribution < -0.4 is 5.32 Å². The van der Waals surface area contributed by atoms with Gasteiger partial charge >= 0.3 is 5.97 Å². The molecule has 1 aliphatic carbocycles. The van der Waals surface area contributed by atoms with E-state index >= 15 is 0 Å². The van der Waals surface area contributed by atoms with E-state index in [1.165, 1.54) is 0 Å². The van der Waals surface area contributed by atoms with Crippen molar-refractivity contribution in [2.24, 2.45) is 5.41 Å². The largest absolute Gasteiger partial charge is 0.459 e. The number of allylic oxidation sites excluding steroid dienone is 3. The molecular weight excluding hydrogens is 446 g/mol. The summed E-state index contributed by atoms with van der Waals surface area (Å²) in [5, 5.41) is 3.37. The highest BCUT2D eigenvalue weighted by atomic mass is 79.9. The Labute approximate surface area is 186 Å². The molecule has 0 aromatic heterocycles. The van der Waals surface area contributed by atoms with Gasteiger partial charge in [-0.15, -0.1) is 0 Å². The van der Waals surface area contributed by atoms with E-state index in [0.717, 1.165) is 40.7 Å². The highest BCUT2D eigenvalue weighted by molar-refractivity contribution is 9.10. The lowest BCUT2D eigenvalue weighted by molar-refractivity contribution is -0.142. The molecule has 0 saturated carbocycles. The third-order valence-corrected chi connectivity index (χ3v) is 6.62. The van der Waals surface area contributed by atoms with E-state index < -0.39 is 5.92 Å². The molecule has 0 radical (unpaired) electrons. The number of rotatable bonds is 4. The summed E-state index contributed by atoms with van der Waals surface area (Å²) in [6.45, 7) is 7.07. The summed E-state index contributed by atoms with van der Waals surface area (Å²) in [4.78, 5) is 26.4. The fraction of sp³-hybridized carbons (Fsp3) is 0.500. The monoisotopic (exact) mass is 473 g/mol. The summed E-state index contributed by atoms with van der Waals surface area (Å²) < 4.78 is 12.2. The number of Topliss-reactive ketones (excluding diaryl/α,β-unsaturated/α-hetero) is 1. The molecule has 0 amide bonds. The fourth-order valence-corrected chi connectivity index (χ4v) is 4.98. The number of ketones is 1. The van der Waals surface area contributed by atoms with E-state index in [2.05, 4.69) is 35.1 Å². The zero-order valence-electron chi connectivity index (χ0n) is 17.7. The van der Waals surface area contributed by atoms with E-state index in [-0.39, 0.29) is 29.9 Å². The molecule has 6 heteroatoms. The van der Waals surface area contributed by atoms with Crippen LogP contribution in [-0.4, -0.2) is 31.1 Å². The van der Waals surface area contributed by atoms with Crippen molar-refractivity contribution in [1.29, 1.82) is 0 Å². The maximum Gasteiger partial charge on any atom is 0.336 e. The third-order valence-electron chi connectivity index (χ3n) is 6.09. The van der Waals surface area contributed by atoms with Crippen LogP contribution in [0.2, 0.25) is 0 Å². The Balaban J connectivity index is 1.71. The summed E-state index contributed by atoms with van der Waals surface area (Å²) in [6.07, 6.45) is 3.11. The van der Waals surface area contributed by atoms with Crippen molar-refractivity contribution in [3.8, 4) is 0 Å². The highest BCUT2D eigenvalue weighted by Gasteiger charge is 2.43. The molecule has 1 aromatic rings. The van der Waals surface area contributed by atoms with Crippen molar-refractivity contribution >= 4 is 27.7 Å². The van der Waals surface area contributed by atoms with E-state index in [0.29, 0.717) is 24.2 Å². The summed E-state index contributed by atoms with van der Waals surface area (Å²) in [5.41, 5.74) is 3.71. The predicted molar refractivity (Wildman–Crippen MR) is 118 cm³/mol. The smallest absolute Gasteiger partial charge is 0.336 e. The van der Waals surface area contributed by atoms with Crippen LogP contribution in [0.1, 0.15) is 57.9 Å². The average Bonchev–Trinajstić information content (AvgIpc) is 3.18. The number of carbonyl (C=O) groups is 2. The maximum atomic E-state index is 13.2.